The van der Waals surface area contributed by atoms with Gasteiger partial charge in [0.2, 0.25) is 5.91 Å². The Bertz CT molecular complexity index is 713. The standard InChI is InChI=1S/C20H30N4O/c1-14-15(2)23-24(16(14)3)11-9-19(25)22-18(12-20(4,5)6)17-8-7-10-21-13-17/h7-8,10,13,18H,9,11-12H2,1-6H3,(H,22,25)/t18-/m1/s1. The number of pyridine rings is 1. The van der Waals surface area contributed by atoms with E-state index in [9.17, 15) is 4.79 Å². The Labute approximate surface area is 150 Å². The van der Waals surface area contributed by atoms with Gasteiger partial charge in [-0.05, 0) is 49.8 Å². The summed E-state index contributed by atoms with van der Waals surface area (Å²) in [7, 11) is 0. The van der Waals surface area contributed by atoms with Crippen molar-refractivity contribution in [3.05, 3.63) is 47.0 Å². The number of rotatable bonds is 6. The summed E-state index contributed by atoms with van der Waals surface area (Å²) in [6, 6.07) is 3.91. The second-order valence-corrected chi connectivity index (χ2v) is 7.94. The summed E-state index contributed by atoms with van der Waals surface area (Å²) in [6.07, 6.45) is 4.87. The first-order valence-corrected chi connectivity index (χ1v) is 8.87. The number of nitrogens with one attached hydrogen (secondary N) is 1. The molecule has 0 saturated carbocycles. The summed E-state index contributed by atoms with van der Waals surface area (Å²) in [5, 5.41) is 7.69. The predicted molar refractivity (Wildman–Crippen MR) is 100 cm³/mol. The molecule has 5 nitrogen and oxygen atoms in total. The molecule has 0 unspecified atom stereocenters. The molecule has 0 aliphatic heterocycles. The fourth-order valence-electron chi connectivity index (χ4n) is 2.92. The van der Waals surface area contributed by atoms with Gasteiger partial charge in [-0.2, -0.15) is 5.10 Å². The third kappa shape index (κ3) is 5.41. The quantitative estimate of drug-likeness (QED) is 0.866. The Morgan fingerprint density at radius 3 is 2.52 bits per heavy atom. The lowest BCUT2D eigenvalue weighted by Crippen LogP contribution is -2.32. The summed E-state index contributed by atoms with van der Waals surface area (Å²) >= 11 is 0. The monoisotopic (exact) mass is 342 g/mol. The van der Waals surface area contributed by atoms with Gasteiger partial charge in [-0.3, -0.25) is 14.5 Å². The molecule has 0 fully saturated rings. The van der Waals surface area contributed by atoms with Crippen molar-refractivity contribution in [1.82, 2.24) is 20.1 Å². The molecule has 2 aromatic heterocycles. The Morgan fingerprint density at radius 1 is 1.28 bits per heavy atom. The third-order valence-electron chi connectivity index (χ3n) is 4.53. The Morgan fingerprint density at radius 2 is 2.00 bits per heavy atom. The van der Waals surface area contributed by atoms with Crippen molar-refractivity contribution < 1.29 is 4.79 Å². The zero-order chi connectivity index (χ0) is 18.6. The van der Waals surface area contributed by atoms with Crippen LogP contribution < -0.4 is 5.32 Å². The highest BCUT2D eigenvalue weighted by molar-refractivity contribution is 5.76. The van der Waals surface area contributed by atoms with E-state index in [0.717, 1.165) is 23.4 Å². The summed E-state index contributed by atoms with van der Waals surface area (Å²) in [5.41, 5.74) is 4.51. The van der Waals surface area contributed by atoms with Gasteiger partial charge in [0.25, 0.3) is 0 Å². The molecule has 25 heavy (non-hydrogen) atoms. The number of hydrogen-bond acceptors (Lipinski definition) is 3. The highest BCUT2D eigenvalue weighted by Gasteiger charge is 2.22. The first-order valence-electron chi connectivity index (χ1n) is 8.87. The number of hydrogen-bond donors (Lipinski definition) is 1. The molecular formula is C20H30N4O. The molecular weight excluding hydrogens is 312 g/mol. The number of amides is 1. The van der Waals surface area contributed by atoms with Crippen molar-refractivity contribution in [2.24, 2.45) is 5.41 Å². The Balaban J connectivity index is 2.02. The summed E-state index contributed by atoms with van der Waals surface area (Å²) in [4.78, 5) is 16.7. The van der Waals surface area contributed by atoms with Crippen molar-refractivity contribution in [3.63, 3.8) is 0 Å². The zero-order valence-corrected chi connectivity index (χ0v) is 16.3. The van der Waals surface area contributed by atoms with Crippen LogP contribution in [0, 0.1) is 26.2 Å². The van der Waals surface area contributed by atoms with Gasteiger partial charge in [-0.25, -0.2) is 0 Å². The van der Waals surface area contributed by atoms with E-state index in [1.165, 1.54) is 5.56 Å². The van der Waals surface area contributed by atoms with Crippen molar-refractivity contribution in [2.45, 2.75) is 67.0 Å². The summed E-state index contributed by atoms with van der Waals surface area (Å²) in [5.74, 6) is 0.0447. The maximum atomic E-state index is 12.5. The van der Waals surface area contributed by atoms with Crippen LogP contribution in [0.25, 0.3) is 0 Å². The van der Waals surface area contributed by atoms with Gasteiger partial charge >= 0.3 is 0 Å². The fourth-order valence-corrected chi connectivity index (χ4v) is 2.92. The van der Waals surface area contributed by atoms with Crippen LogP contribution in [0.15, 0.2) is 24.5 Å². The number of aromatic nitrogens is 3. The predicted octanol–water partition coefficient (Wildman–Crippen LogP) is 3.89. The molecule has 0 radical (unpaired) electrons. The molecule has 0 bridgehead atoms. The van der Waals surface area contributed by atoms with Gasteiger partial charge in [-0.1, -0.05) is 26.8 Å². The maximum Gasteiger partial charge on any atom is 0.222 e. The van der Waals surface area contributed by atoms with Crippen molar-refractivity contribution in [1.29, 1.82) is 0 Å². The second kappa shape index (κ2) is 7.81. The minimum absolute atomic E-state index is 0.0246. The van der Waals surface area contributed by atoms with E-state index < -0.39 is 0 Å². The molecule has 1 amide bonds. The van der Waals surface area contributed by atoms with Crippen LogP contribution in [0.4, 0.5) is 0 Å². The molecule has 0 spiro atoms. The molecule has 5 heteroatoms. The number of carbonyl (C=O) groups is 1. The van der Waals surface area contributed by atoms with Crippen LogP contribution in [0.1, 0.15) is 62.2 Å². The fraction of sp³-hybridized carbons (Fsp3) is 0.550. The number of aryl methyl sites for hydroxylation is 2. The lowest BCUT2D eigenvalue weighted by atomic mass is 9.86. The lowest BCUT2D eigenvalue weighted by molar-refractivity contribution is -0.122. The first kappa shape index (κ1) is 19.2. The van der Waals surface area contributed by atoms with Crippen LogP contribution >= 0.6 is 0 Å². The van der Waals surface area contributed by atoms with Gasteiger partial charge < -0.3 is 5.32 Å². The van der Waals surface area contributed by atoms with Gasteiger partial charge in [-0.15, -0.1) is 0 Å². The smallest absolute Gasteiger partial charge is 0.222 e. The van der Waals surface area contributed by atoms with Crippen molar-refractivity contribution in [2.75, 3.05) is 0 Å². The average Bonchev–Trinajstić information content (AvgIpc) is 2.79. The molecule has 0 aliphatic rings. The molecule has 2 rings (SSSR count). The lowest BCUT2D eigenvalue weighted by Gasteiger charge is -2.27. The molecule has 1 N–H and O–H groups in total. The molecule has 2 aromatic rings. The molecule has 0 aliphatic carbocycles. The number of carbonyl (C=O) groups excluding carboxylic acids is 1. The molecule has 136 valence electrons. The van der Waals surface area contributed by atoms with E-state index in [1.807, 2.05) is 36.9 Å². The van der Waals surface area contributed by atoms with E-state index in [-0.39, 0.29) is 17.4 Å². The third-order valence-corrected chi connectivity index (χ3v) is 4.53. The maximum absolute atomic E-state index is 12.5. The van der Waals surface area contributed by atoms with Crippen LogP contribution in [-0.2, 0) is 11.3 Å². The van der Waals surface area contributed by atoms with Crippen LogP contribution in [0.3, 0.4) is 0 Å². The van der Waals surface area contributed by atoms with E-state index in [2.05, 4.69) is 43.1 Å². The number of nitrogens with zero attached hydrogens (tertiary/aromatic N) is 3. The summed E-state index contributed by atoms with van der Waals surface area (Å²) in [6.45, 7) is 13.3. The van der Waals surface area contributed by atoms with Crippen LogP contribution in [0.2, 0.25) is 0 Å². The second-order valence-electron chi connectivity index (χ2n) is 7.94. The van der Waals surface area contributed by atoms with Gasteiger partial charge in [0, 0.05) is 31.1 Å². The highest BCUT2D eigenvalue weighted by Crippen LogP contribution is 2.29. The van der Waals surface area contributed by atoms with Gasteiger partial charge in [0.15, 0.2) is 0 Å². The zero-order valence-electron chi connectivity index (χ0n) is 16.3. The van der Waals surface area contributed by atoms with E-state index in [1.54, 1.807) is 6.20 Å². The minimum Gasteiger partial charge on any atom is -0.349 e. The van der Waals surface area contributed by atoms with Crippen LogP contribution in [-0.4, -0.2) is 20.7 Å². The normalized spacial score (nSPS) is 12.9. The average molecular weight is 342 g/mol. The SMILES string of the molecule is Cc1nn(CCC(=O)N[C@H](CC(C)(C)C)c2cccnc2)c(C)c1C. The van der Waals surface area contributed by atoms with Crippen molar-refractivity contribution >= 4 is 5.91 Å². The summed E-state index contributed by atoms with van der Waals surface area (Å²) < 4.78 is 1.92. The highest BCUT2D eigenvalue weighted by atomic mass is 16.1. The van der Waals surface area contributed by atoms with Gasteiger partial charge in [0.1, 0.15) is 0 Å². The largest absolute Gasteiger partial charge is 0.349 e. The minimum atomic E-state index is -0.0246. The molecule has 2 heterocycles. The Kier molecular flexibility index (Phi) is 5.98. The molecule has 1 atom stereocenters. The molecule has 0 saturated heterocycles. The van der Waals surface area contributed by atoms with E-state index in [4.69, 9.17) is 0 Å². The van der Waals surface area contributed by atoms with Crippen LogP contribution in [0.5, 0.6) is 0 Å². The Hall–Kier alpha value is -2.17. The van der Waals surface area contributed by atoms with Crippen molar-refractivity contribution in [3.8, 4) is 0 Å². The topological polar surface area (TPSA) is 59.8 Å². The van der Waals surface area contributed by atoms with Gasteiger partial charge in [0.05, 0.1) is 11.7 Å². The van der Waals surface area contributed by atoms with E-state index >= 15 is 0 Å². The first-order chi connectivity index (χ1) is 11.7. The molecule has 0 aromatic carbocycles. The van der Waals surface area contributed by atoms with E-state index in [0.29, 0.717) is 13.0 Å².